The number of aromatic nitrogens is 1. The van der Waals surface area contributed by atoms with Gasteiger partial charge in [-0.2, -0.15) is 0 Å². The first kappa shape index (κ1) is 16.7. The molecule has 0 aliphatic carbocycles. The lowest BCUT2D eigenvalue weighted by Gasteiger charge is -2.21. The van der Waals surface area contributed by atoms with Crippen LogP contribution in [-0.4, -0.2) is 33.8 Å². The largest absolute Gasteiger partial charge is 0.480 e. The Morgan fingerprint density at radius 1 is 1.26 bits per heavy atom. The minimum absolute atomic E-state index is 0.0827. The van der Waals surface area contributed by atoms with Crippen molar-refractivity contribution >= 4 is 22.8 Å². The van der Waals surface area contributed by atoms with Gasteiger partial charge in [0.2, 0.25) is 0 Å². The third-order valence-corrected chi connectivity index (χ3v) is 3.09. The summed E-state index contributed by atoms with van der Waals surface area (Å²) in [6.45, 7) is 5.15. The number of nitrogens with one attached hydrogen (secondary N) is 1. The van der Waals surface area contributed by atoms with Crippen LogP contribution in [0.3, 0.4) is 0 Å². The molecule has 2 aromatic rings. The van der Waals surface area contributed by atoms with Gasteiger partial charge in [0.25, 0.3) is 0 Å². The Balaban J connectivity index is 2.11. The van der Waals surface area contributed by atoms with Crippen molar-refractivity contribution in [1.82, 2.24) is 10.3 Å². The van der Waals surface area contributed by atoms with Crippen LogP contribution < -0.4 is 5.32 Å². The molecule has 0 aliphatic heterocycles. The number of hydrogen-bond donors (Lipinski definition) is 2. The van der Waals surface area contributed by atoms with Crippen molar-refractivity contribution in [3.63, 3.8) is 0 Å². The third-order valence-electron chi connectivity index (χ3n) is 3.09. The van der Waals surface area contributed by atoms with Gasteiger partial charge in [0.1, 0.15) is 11.6 Å². The molecule has 0 bridgehead atoms. The second-order valence-corrected chi connectivity index (χ2v) is 6.26. The van der Waals surface area contributed by atoms with E-state index < -0.39 is 23.7 Å². The molecule has 0 radical (unpaired) electrons. The van der Waals surface area contributed by atoms with Gasteiger partial charge in [-0.3, -0.25) is 4.98 Å². The first-order valence-electron chi connectivity index (χ1n) is 7.30. The maximum atomic E-state index is 11.8. The van der Waals surface area contributed by atoms with E-state index in [0.717, 1.165) is 10.8 Å². The van der Waals surface area contributed by atoms with Crippen LogP contribution >= 0.6 is 0 Å². The van der Waals surface area contributed by atoms with E-state index in [2.05, 4.69) is 10.3 Å². The van der Waals surface area contributed by atoms with Gasteiger partial charge in [0.05, 0.1) is 0 Å². The monoisotopic (exact) mass is 316 g/mol. The standard InChI is InChI=1S/C17H20N2O4/c1-17(2,3)23-16(22)19-14(15(20)21)9-13-8-11-6-4-5-7-12(11)10-18-13/h4-8,10,14H,9H2,1-3H3,(H,19,22)(H,20,21)/t14-/m0/s1. The molecule has 0 saturated carbocycles. The van der Waals surface area contributed by atoms with Crippen molar-refractivity contribution < 1.29 is 19.4 Å². The normalized spacial score (nSPS) is 12.7. The van der Waals surface area contributed by atoms with E-state index in [-0.39, 0.29) is 6.42 Å². The highest BCUT2D eigenvalue weighted by atomic mass is 16.6. The second kappa shape index (κ2) is 6.64. The van der Waals surface area contributed by atoms with E-state index in [0.29, 0.717) is 5.69 Å². The van der Waals surface area contributed by atoms with Crippen molar-refractivity contribution in [2.45, 2.75) is 38.8 Å². The number of rotatable bonds is 4. The Morgan fingerprint density at radius 2 is 1.91 bits per heavy atom. The number of benzene rings is 1. The van der Waals surface area contributed by atoms with Gasteiger partial charge in [-0.05, 0) is 32.2 Å². The molecule has 0 aliphatic rings. The molecular weight excluding hydrogens is 296 g/mol. The van der Waals surface area contributed by atoms with Crippen LogP contribution in [0.5, 0.6) is 0 Å². The number of carbonyl (C=O) groups excluding carboxylic acids is 1. The smallest absolute Gasteiger partial charge is 0.408 e. The minimum atomic E-state index is -1.13. The van der Waals surface area contributed by atoms with Gasteiger partial charge in [-0.25, -0.2) is 9.59 Å². The predicted molar refractivity (Wildman–Crippen MR) is 86.2 cm³/mol. The summed E-state index contributed by atoms with van der Waals surface area (Å²) in [4.78, 5) is 27.4. The maximum absolute atomic E-state index is 11.8. The van der Waals surface area contributed by atoms with Crippen LogP contribution in [0.15, 0.2) is 36.5 Å². The van der Waals surface area contributed by atoms with E-state index in [1.54, 1.807) is 27.0 Å². The first-order valence-corrected chi connectivity index (χ1v) is 7.30. The second-order valence-electron chi connectivity index (χ2n) is 6.26. The summed E-state index contributed by atoms with van der Waals surface area (Å²) in [5.41, 5.74) is -0.0962. The van der Waals surface area contributed by atoms with Gasteiger partial charge in [-0.1, -0.05) is 24.3 Å². The number of fused-ring (bicyclic) bond motifs is 1. The average Bonchev–Trinajstić information content (AvgIpc) is 2.44. The molecule has 1 aromatic heterocycles. The van der Waals surface area contributed by atoms with Gasteiger partial charge in [0, 0.05) is 23.7 Å². The summed E-state index contributed by atoms with van der Waals surface area (Å²) in [6.07, 6.45) is 1.02. The molecule has 122 valence electrons. The molecule has 2 N–H and O–H groups in total. The molecule has 1 heterocycles. The van der Waals surface area contributed by atoms with Crippen molar-refractivity contribution in [3.8, 4) is 0 Å². The summed E-state index contributed by atoms with van der Waals surface area (Å²) in [7, 11) is 0. The Kier molecular flexibility index (Phi) is 4.83. The molecule has 23 heavy (non-hydrogen) atoms. The van der Waals surface area contributed by atoms with E-state index in [9.17, 15) is 14.7 Å². The molecule has 1 amide bonds. The fourth-order valence-electron chi connectivity index (χ4n) is 2.10. The van der Waals surface area contributed by atoms with Crippen LogP contribution in [0.2, 0.25) is 0 Å². The molecule has 0 fully saturated rings. The quantitative estimate of drug-likeness (QED) is 0.905. The Bertz CT molecular complexity index is 722. The lowest BCUT2D eigenvalue weighted by atomic mass is 10.1. The zero-order valence-corrected chi connectivity index (χ0v) is 13.4. The predicted octanol–water partition coefficient (Wildman–Crippen LogP) is 2.76. The van der Waals surface area contributed by atoms with E-state index in [1.807, 2.05) is 30.3 Å². The maximum Gasteiger partial charge on any atom is 0.408 e. The number of aliphatic carboxylic acids is 1. The zero-order valence-electron chi connectivity index (χ0n) is 13.4. The van der Waals surface area contributed by atoms with Crippen LogP contribution in [0.4, 0.5) is 4.79 Å². The number of ether oxygens (including phenoxy) is 1. The van der Waals surface area contributed by atoms with Gasteiger partial charge < -0.3 is 15.2 Å². The topological polar surface area (TPSA) is 88.5 Å². The highest BCUT2D eigenvalue weighted by Gasteiger charge is 2.24. The number of carboxylic acid groups (broad SMARTS) is 1. The highest BCUT2D eigenvalue weighted by molar-refractivity contribution is 5.83. The number of amides is 1. The van der Waals surface area contributed by atoms with Crippen molar-refractivity contribution in [1.29, 1.82) is 0 Å². The molecule has 1 aromatic carbocycles. The van der Waals surface area contributed by atoms with Crippen LogP contribution in [0, 0.1) is 0 Å². The molecular formula is C17H20N2O4. The van der Waals surface area contributed by atoms with Crippen molar-refractivity contribution in [2.75, 3.05) is 0 Å². The Morgan fingerprint density at radius 3 is 2.52 bits per heavy atom. The molecule has 0 spiro atoms. The summed E-state index contributed by atoms with van der Waals surface area (Å²) >= 11 is 0. The van der Waals surface area contributed by atoms with E-state index >= 15 is 0 Å². The van der Waals surface area contributed by atoms with Crippen LogP contribution in [-0.2, 0) is 16.0 Å². The molecule has 1 atom stereocenters. The molecule has 6 heteroatoms. The number of alkyl carbamates (subject to hydrolysis) is 1. The Hall–Kier alpha value is -2.63. The minimum Gasteiger partial charge on any atom is -0.480 e. The number of nitrogens with zero attached hydrogens (tertiary/aromatic N) is 1. The van der Waals surface area contributed by atoms with E-state index in [4.69, 9.17) is 4.74 Å². The highest BCUT2D eigenvalue weighted by Crippen LogP contribution is 2.14. The molecule has 0 saturated heterocycles. The SMILES string of the molecule is CC(C)(C)OC(=O)N[C@@H](Cc1cc2ccccc2cn1)C(=O)O. The molecule has 0 unspecified atom stereocenters. The number of hydrogen-bond acceptors (Lipinski definition) is 4. The lowest BCUT2D eigenvalue weighted by Crippen LogP contribution is -2.44. The van der Waals surface area contributed by atoms with Gasteiger partial charge in [0.15, 0.2) is 0 Å². The van der Waals surface area contributed by atoms with Gasteiger partial charge in [-0.15, -0.1) is 0 Å². The summed E-state index contributed by atoms with van der Waals surface area (Å²) < 4.78 is 5.09. The summed E-state index contributed by atoms with van der Waals surface area (Å²) in [5, 5.41) is 13.6. The third kappa shape index (κ3) is 4.95. The fraction of sp³-hybridized carbons (Fsp3) is 0.353. The number of pyridine rings is 1. The summed E-state index contributed by atoms with van der Waals surface area (Å²) in [6, 6.07) is 8.39. The van der Waals surface area contributed by atoms with Gasteiger partial charge >= 0.3 is 12.1 Å². The Labute approximate surface area is 134 Å². The average molecular weight is 316 g/mol. The lowest BCUT2D eigenvalue weighted by molar-refractivity contribution is -0.139. The summed E-state index contributed by atoms with van der Waals surface area (Å²) in [5.74, 6) is -1.13. The number of carboxylic acids is 1. The fourth-order valence-corrected chi connectivity index (χ4v) is 2.10. The van der Waals surface area contributed by atoms with Crippen molar-refractivity contribution in [3.05, 3.63) is 42.2 Å². The van der Waals surface area contributed by atoms with E-state index in [1.165, 1.54) is 0 Å². The van der Waals surface area contributed by atoms with Crippen LogP contribution in [0.25, 0.3) is 10.8 Å². The molecule has 6 nitrogen and oxygen atoms in total. The van der Waals surface area contributed by atoms with Crippen molar-refractivity contribution in [2.24, 2.45) is 0 Å². The zero-order chi connectivity index (χ0) is 17.0. The first-order chi connectivity index (χ1) is 10.7. The molecule has 2 rings (SSSR count). The number of carbonyl (C=O) groups is 2. The van der Waals surface area contributed by atoms with Crippen LogP contribution in [0.1, 0.15) is 26.5 Å².